The summed E-state index contributed by atoms with van der Waals surface area (Å²) in [5.74, 6) is 0.916. The first-order valence-corrected chi connectivity index (χ1v) is 8.27. The Hall–Kier alpha value is -2.65. The molecular formula is C16H12N2O5S2. The standard InChI is InChI=1S/C16H12N2O5S2/c1-17-15(19)14(25-16(17)24)8-10-4-6-13(23-10)11-5-3-9(22-2)7-12(11)18(20)21/h3-8H,1-2H3. The molecule has 25 heavy (non-hydrogen) atoms. The molecule has 0 saturated carbocycles. The molecule has 0 bridgehead atoms. The number of nitro groups is 1. The summed E-state index contributed by atoms with van der Waals surface area (Å²) >= 11 is 6.25. The number of carbonyl (C=O) groups excluding carboxylic acids is 1. The molecule has 1 aromatic heterocycles. The van der Waals surface area contributed by atoms with Crippen LogP contribution in [0.1, 0.15) is 5.76 Å². The van der Waals surface area contributed by atoms with Gasteiger partial charge in [0.15, 0.2) is 0 Å². The van der Waals surface area contributed by atoms with Crippen molar-refractivity contribution in [3.05, 3.63) is 51.1 Å². The molecule has 0 atom stereocenters. The van der Waals surface area contributed by atoms with Gasteiger partial charge >= 0.3 is 0 Å². The van der Waals surface area contributed by atoms with Gasteiger partial charge in [-0.1, -0.05) is 24.0 Å². The van der Waals surface area contributed by atoms with E-state index in [0.717, 1.165) is 0 Å². The summed E-state index contributed by atoms with van der Waals surface area (Å²) < 4.78 is 11.2. The van der Waals surface area contributed by atoms with E-state index >= 15 is 0 Å². The number of hydrogen-bond donors (Lipinski definition) is 0. The number of thiocarbonyl (C=S) groups is 1. The van der Waals surface area contributed by atoms with Crippen molar-refractivity contribution in [1.82, 2.24) is 4.90 Å². The van der Waals surface area contributed by atoms with Crippen molar-refractivity contribution in [1.29, 1.82) is 0 Å². The fourth-order valence-corrected chi connectivity index (χ4v) is 3.41. The SMILES string of the molecule is COc1ccc(-c2ccc(C=C3SC(=S)N(C)C3=O)o2)c([N+](=O)[O-])c1. The fraction of sp³-hybridized carbons (Fsp3) is 0.125. The van der Waals surface area contributed by atoms with Crippen LogP contribution in [0.4, 0.5) is 5.69 Å². The number of hydrogen-bond acceptors (Lipinski definition) is 7. The van der Waals surface area contributed by atoms with Crippen LogP contribution in [0.3, 0.4) is 0 Å². The van der Waals surface area contributed by atoms with Crippen molar-refractivity contribution in [2.24, 2.45) is 0 Å². The summed E-state index contributed by atoms with van der Waals surface area (Å²) in [4.78, 5) is 24.6. The van der Waals surface area contributed by atoms with Crippen LogP contribution in [0.15, 0.2) is 39.7 Å². The zero-order valence-electron chi connectivity index (χ0n) is 13.2. The molecule has 128 valence electrons. The molecule has 1 saturated heterocycles. The van der Waals surface area contributed by atoms with E-state index in [0.29, 0.717) is 32.1 Å². The second-order valence-electron chi connectivity index (χ2n) is 5.08. The zero-order valence-corrected chi connectivity index (χ0v) is 14.8. The van der Waals surface area contributed by atoms with Crippen molar-refractivity contribution in [2.45, 2.75) is 0 Å². The van der Waals surface area contributed by atoms with Gasteiger partial charge < -0.3 is 9.15 Å². The highest BCUT2D eigenvalue weighted by Gasteiger charge is 2.29. The van der Waals surface area contributed by atoms with Crippen LogP contribution >= 0.6 is 24.0 Å². The minimum absolute atomic E-state index is 0.125. The maximum Gasteiger partial charge on any atom is 0.284 e. The maximum atomic E-state index is 12.0. The molecular weight excluding hydrogens is 364 g/mol. The minimum Gasteiger partial charge on any atom is -0.497 e. The minimum atomic E-state index is -0.498. The summed E-state index contributed by atoms with van der Waals surface area (Å²) in [5.41, 5.74) is 0.202. The normalized spacial score (nSPS) is 15.9. The molecule has 3 rings (SSSR count). The highest BCUT2D eigenvalue weighted by Crippen LogP contribution is 2.36. The Morgan fingerprint density at radius 2 is 2.12 bits per heavy atom. The van der Waals surface area contributed by atoms with Crippen LogP contribution < -0.4 is 4.74 Å². The molecule has 0 spiro atoms. The number of nitrogens with zero attached hydrogens (tertiary/aromatic N) is 2. The van der Waals surface area contributed by atoms with Crippen LogP contribution in [-0.2, 0) is 4.79 Å². The highest BCUT2D eigenvalue weighted by molar-refractivity contribution is 8.26. The van der Waals surface area contributed by atoms with E-state index in [-0.39, 0.29) is 11.6 Å². The molecule has 7 nitrogen and oxygen atoms in total. The second-order valence-corrected chi connectivity index (χ2v) is 6.76. The van der Waals surface area contributed by atoms with E-state index < -0.39 is 4.92 Å². The molecule has 1 fully saturated rings. The third-order valence-electron chi connectivity index (χ3n) is 3.55. The number of furan rings is 1. The Kier molecular flexibility index (Phi) is 4.60. The van der Waals surface area contributed by atoms with Gasteiger partial charge in [0.2, 0.25) is 0 Å². The lowest BCUT2D eigenvalue weighted by molar-refractivity contribution is -0.384. The fourth-order valence-electron chi connectivity index (χ4n) is 2.25. The quantitative estimate of drug-likeness (QED) is 0.348. The highest BCUT2D eigenvalue weighted by atomic mass is 32.2. The van der Waals surface area contributed by atoms with Crippen molar-refractivity contribution in [3.8, 4) is 17.1 Å². The number of nitro benzene ring substituents is 1. The Bertz CT molecular complexity index is 919. The van der Waals surface area contributed by atoms with Gasteiger partial charge in [-0.2, -0.15) is 0 Å². The average molecular weight is 376 g/mol. The van der Waals surface area contributed by atoms with Crippen LogP contribution in [0.2, 0.25) is 0 Å². The number of carbonyl (C=O) groups is 1. The molecule has 1 amide bonds. The van der Waals surface area contributed by atoms with Gasteiger partial charge in [0.05, 0.1) is 28.6 Å². The molecule has 2 aromatic rings. The third kappa shape index (κ3) is 3.28. The van der Waals surface area contributed by atoms with Gasteiger partial charge in [-0.25, -0.2) is 0 Å². The van der Waals surface area contributed by atoms with Crippen LogP contribution in [0, 0.1) is 10.1 Å². The molecule has 0 radical (unpaired) electrons. The largest absolute Gasteiger partial charge is 0.497 e. The predicted octanol–water partition coefficient (Wildman–Crippen LogP) is 3.69. The molecule has 2 heterocycles. The van der Waals surface area contributed by atoms with E-state index in [1.54, 1.807) is 37.4 Å². The smallest absolute Gasteiger partial charge is 0.284 e. The number of ether oxygens (including phenoxy) is 1. The van der Waals surface area contributed by atoms with E-state index in [1.807, 2.05) is 0 Å². The van der Waals surface area contributed by atoms with Crippen LogP contribution in [-0.4, -0.2) is 34.2 Å². The van der Waals surface area contributed by atoms with Crippen molar-refractivity contribution in [2.75, 3.05) is 14.2 Å². The van der Waals surface area contributed by atoms with Gasteiger partial charge in [-0.15, -0.1) is 0 Å². The van der Waals surface area contributed by atoms with E-state index in [2.05, 4.69) is 0 Å². The van der Waals surface area contributed by atoms with Crippen molar-refractivity contribution >= 4 is 46.0 Å². The Morgan fingerprint density at radius 3 is 2.72 bits per heavy atom. The van der Waals surface area contributed by atoms with Crippen molar-refractivity contribution in [3.63, 3.8) is 0 Å². The number of thioether (sulfide) groups is 1. The topological polar surface area (TPSA) is 85.8 Å². The lowest BCUT2D eigenvalue weighted by Gasteiger charge is -2.03. The lowest BCUT2D eigenvalue weighted by atomic mass is 10.1. The lowest BCUT2D eigenvalue weighted by Crippen LogP contribution is -2.22. The Morgan fingerprint density at radius 1 is 1.36 bits per heavy atom. The number of benzene rings is 1. The first kappa shape index (κ1) is 17.2. The van der Waals surface area contributed by atoms with Gasteiger partial charge in [0.1, 0.15) is 21.6 Å². The number of methoxy groups -OCH3 is 1. The summed E-state index contributed by atoms with van der Waals surface area (Å²) in [7, 11) is 3.04. The van der Waals surface area contributed by atoms with E-state index in [9.17, 15) is 14.9 Å². The van der Waals surface area contributed by atoms with E-state index in [4.69, 9.17) is 21.4 Å². The van der Waals surface area contributed by atoms with Gasteiger partial charge in [0.25, 0.3) is 11.6 Å². The second kappa shape index (κ2) is 6.69. The van der Waals surface area contributed by atoms with Crippen LogP contribution in [0.5, 0.6) is 5.75 Å². The van der Waals surface area contributed by atoms with Gasteiger partial charge in [-0.3, -0.25) is 19.8 Å². The summed E-state index contributed by atoms with van der Waals surface area (Å²) in [6.07, 6.45) is 1.57. The molecule has 0 aliphatic carbocycles. The van der Waals surface area contributed by atoms with Crippen molar-refractivity contribution < 1.29 is 18.9 Å². The first-order chi connectivity index (χ1) is 11.9. The molecule has 0 unspecified atom stereocenters. The van der Waals surface area contributed by atoms with Crippen LogP contribution in [0.25, 0.3) is 17.4 Å². The first-order valence-electron chi connectivity index (χ1n) is 7.05. The monoisotopic (exact) mass is 376 g/mol. The van der Waals surface area contributed by atoms with Gasteiger partial charge in [0, 0.05) is 13.1 Å². The molecule has 9 heteroatoms. The third-order valence-corrected chi connectivity index (χ3v) is 5.04. The molecule has 1 aromatic carbocycles. The molecule has 1 aliphatic rings. The molecule has 0 N–H and O–H groups in total. The van der Waals surface area contributed by atoms with Gasteiger partial charge in [-0.05, 0) is 24.3 Å². The Labute approximate surface area is 152 Å². The van der Waals surface area contributed by atoms with E-state index in [1.165, 1.54) is 29.8 Å². The summed E-state index contributed by atoms with van der Waals surface area (Å²) in [6, 6.07) is 7.77. The number of amides is 1. The average Bonchev–Trinajstić information content (AvgIpc) is 3.15. The number of likely N-dealkylation sites (N-methyl/N-ethyl adjacent to an activating group) is 1. The molecule has 1 aliphatic heterocycles. The summed E-state index contributed by atoms with van der Waals surface area (Å²) in [5, 5.41) is 11.3. The Balaban J connectivity index is 1.96. The zero-order chi connectivity index (χ0) is 18.1. The predicted molar refractivity (Wildman–Crippen MR) is 98.3 cm³/mol. The maximum absolute atomic E-state index is 12.0. The summed E-state index contributed by atoms with van der Waals surface area (Å²) in [6.45, 7) is 0. The number of rotatable bonds is 4.